The lowest BCUT2D eigenvalue weighted by Gasteiger charge is -2.06. The molecule has 1 fully saturated rings. The Hall–Kier alpha value is -1.33. The largest absolute Gasteiger partial charge is 0.353 e. The zero-order chi connectivity index (χ0) is 13.2. The lowest BCUT2D eigenvalue weighted by Crippen LogP contribution is -2.27. The number of amides is 1. The van der Waals surface area contributed by atoms with Crippen molar-refractivity contribution >= 4 is 40.0 Å². The number of carbonyl (C=O) groups excluding carboxylic acids is 1. The smallest absolute Gasteiger partial charge is 0.230 e. The molecule has 1 amide bonds. The van der Waals surface area contributed by atoms with Crippen molar-refractivity contribution in [1.82, 2.24) is 15.5 Å². The van der Waals surface area contributed by atoms with E-state index in [9.17, 15) is 4.79 Å². The lowest BCUT2D eigenvalue weighted by molar-refractivity contribution is -0.118. The Balaban J connectivity index is 1.76. The monoisotopic (exact) mass is 293 g/mol. The molecule has 19 heavy (non-hydrogen) atoms. The summed E-state index contributed by atoms with van der Waals surface area (Å²) < 4.78 is 0. The predicted molar refractivity (Wildman–Crippen MR) is 76.4 cm³/mol. The van der Waals surface area contributed by atoms with Crippen molar-refractivity contribution in [2.45, 2.75) is 23.9 Å². The number of nitrogens with one attached hydrogen (secondary N) is 1. The van der Waals surface area contributed by atoms with E-state index in [0.29, 0.717) is 16.9 Å². The Labute approximate surface area is 119 Å². The molecule has 1 aliphatic rings. The molecule has 1 N–H and O–H groups in total. The average molecular weight is 294 g/mol. The van der Waals surface area contributed by atoms with Crippen molar-refractivity contribution in [2.24, 2.45) is 0 Å². The first-order chi connectivity index (χ1) is 9.24. The third kappa shape index (κ3) is 2.98. The van der Waals surface area contributed by atoms with E-state index in [-0.39, 0.29) is 5.91 Å². The third-order valence-electron chi connectivity index (χ3n) is 2.89. The van der Waals surface area contributed by atoms with Crippen LogP contribution in [0, 0.1) is 0 Å². The molecule has 1 aromatic heterocycles. The van der Waals surface area contributed by atoms with E-state index in [1.807, 2.05) is 24.3 Å². The summed E-state index contributed by atoms with van der Waals surface area (Å²) in [7, 11) is 0. The minimum absolute atomic E-state index is 0.0494. The summed E-state index contributed by atoms with van der Waals surface area (Å²) in [5, 5.41) is 13.9. The van der Waals surface area contributed by atoms with Gasteiger partial charge in [0.05, 0.1) is 5.75 Å². The number of nitrogens with zero attached hydrogens (tertiary/aromatic N) is 2. The molecule has 0 atom stereocenters. The van der Waals surface area contributed by atoms with E-state index in [1.165, 1.54) is 11.8 Å². The van der Waals surface area contributed by atoms with Crippen molar-refractivity contribution in [3.8, 4) is 0 Å². The van der Waals surface area contributed by atoms with Gasteiger partial charge < -0.3 is 5.32 Å². The highest BCUT2D eigenvalue weighted by molar-refractivity contribution is 8.00. The van der Waals surface area contributed by atoms with Crippen LogP contribution in [0.2, 0.25) is 5.15 Å². The molecule has 6 heteroatoms. The molecule has 1 saturated carbocycles. The van der Waals surface area contributed by atoms with Gasteiger partial charge in [0.2, 0.25) is 5.91 Å². The molecule has 0 saturated heterocycles. The zero-order valence-electron chi connectivity index (χ0n) is 10.1. The topological polar surface area (TPSA) is 54.9 Å². The number of aromatic nitrogens is 2. The minimum Gasteiger partial charge on any atom is -0.353 e. The van der Waals surface area contributed by atoms with Gasteiger partial charge in [0.1, 0.15) is 5.03 Å². The van der Waals surface area contributed by atoms with Crippen molar-refractivity contribution in [3.63, 3.8) is 0 Å². The molecular formula is C13H12ClN3OS. The second-order valence-corrected chi connectivity index (χ2v) is 5.79. The standard InChI is InChI=1S/C13H12ClN3OS/c14-12-9-3-1-2-4-10(9)13(17-16-12)19-7-11(18)15-8-5-6-8/h1-4,8H,5-7H2,(H,15,18). The van der Waals surface area contributed by atoms with Crippen LogP contribution in [-0.4, -0.2) is 27.9 Å². The van der Waals surface area contributed by atoms with E-state index in [2.05, 4.69) is 15.5 Å². The number of rotatable bonds is 4. The van der Waals surface area contributed by atoms with E-state index < -0.39 is 0 Å². The highest BCUT2D eigenvalue weighted by atomic mass is 35.5. The van der Waals surface area contributed by atoms with Crippen molar-refractivity contribution in [1.29, 1.82) is 0 Å². The van der Waals surface area contributed by atoms with E-state index in [1.54, 1.807) is 0 Å². The number of halogens is 1. The highest BCUT2D eigenvalue weighted by Gasteiger charge is 2.23. The Morgan fingerprint density at radius 2 is 2.05 bits per heavy atom. The van der Waals surface area contributed by atoms with E-state index in [4.69, 9.17) is 11.6 Å². The molecule has 0 aliphatic heterocycles. The van der Waals surface area contributed by atoms with Crippen LogP contribution in [0.1, 0.15) is 12.8 Å². The second kappa shape index (κ2) is 5.35. The fourth-order valence-electron chi connectivity index (χ4n) is 1.78. The predicted octanol–water partition coefficient (Wildman–Crippen LogP) is 2.65. The first-order valence-corrected chi connectivity index (χ1v) is 7.43. The van der Waals surface area contributed by atoms with Crippen LogP contribution in [0.4, 0.5) is 0 Å². The molecule has 2 aromatic rings. The maximum absolute atomic E-state index is 11.7. The first-order valence-electron chi connectivity index (χ1n) is 6.07. The Bertz CT molecular complexity index is 630. The number of hydrogen-bond acceptors (Lipinski definition) is 4. The molecule has 0 spiro atoms. The molecule has 0 bridgehead atoms. The number of carbonyl (C=O) groups is 1. The van der Waals surface area contributed by atoms with Gasteiger partial charge in [0.25, 0.3) is 0 Å². The Kier molecular flexibility index (Phi) is 3.57. The zero-order valence-corrected chi connectivity index (χ0v) is 11.7. The van der Waals surface area contributed by atoms with Crippen LogP contribution in [0.15, 0.2) is 29.3 Å². The molecule has 0 radical (unpaired) electrons. The summed E-state index contributed by atoms with van der Waals surface area (Å²) in [5.41, 5.74) is 0. The second-order valence-electron chi connectivity index (χ2n) is 4.47. The summed E-state index contributed by atoms with van der Waals surface area (Å²) in [6, 6.07) is 8.07. The SMILES string of the molecule is O=C(CSc1nnc(Cl)c2ccccc12)NC1CC1. The summed E-state index contributed by atoms with van der Waals surface area (Å²) in [6.07, 6.45) is 2.19. The van der Waals surface area contributed by atoms with Crippen LogP contribution in [0.3, 0.4) is 0 Å². The molecule has 1 aliphatic carbocycles. The van der Waals surface area contributed by atoms with Gasteiger partial charge in [-0.25, -0.2) is 0 Å². The fourth-order valence-corrected chi connectivity index (χ4v) is 2.77. The molecule has 1 heterocycles. The normalized spacial score (nSPS) is 14.6. The average Bonchev–Trinajstić information content (AvgIpc) is 3.22. The first kappa shape index (κ1) is 12.7. The minimum atomic E-state index is 0.0494. The van der Waals surface area contributed by atoms with Crippen LogP contribution < -0.4 is 5.32 Å². The van der Waals surface area contributed by atoms with Gasteiger partial charge in [-0.1, -0.05) is 47.6 Å². The number of fused-ring (bicyclic) bond motifs is 1. The quantitative estimate of drug-likeness (QED) is 0.881. The summed E-state index contributed by atoms with van der Waals surface area (Å²) in [4.78, 5) is 11.7. The Morgan fingerprint density at radius 1 is 1.32 bits per heavy atom. The van der Waals surface area contributed by atoms with Crippen molar-refractivity contribution in [3.05, 3.63) is 29.4 Å². The lowest BCUT2D eigenvalue weighted by atomic mass is 10.2. The van der Waals surface area contributed by atoms with Gasteiger partial charge in [-0.2, -0.15) is 0 Å². The third-order valence-corrected chi connectivity index (χ3v) is 4.15. The molecule has 98 valence electrons. The maximum atomic E-state index is 11.7. The van der Waals surface area contributed by atoms with Crippen LogP contribution in [0.25, 0.3) is 10.8 Å². The van der Waals surface area contributed by atoms with Gasteiger partial charge in [0, 0.05) is 16.8 Å². The van der Waals surface area contributed by atoms with E-state index >= 15 is 0 Å². The summed E-state index contributed by atoms with van der Waals surface area (Å²) >= 11 is 7.40. The Morgan fingerprint density at radius 3 is 2.79 bits per heavy atom. The van der Waals surface area contributed by atoms with Crippen LogP contribution in [-0.2, 0) is 4.79 Å². The molecule has 0 unspecified atom stereocenters. The van der Waals surface area contributed by atoms with Gasteiger partial charge in [-0.3, -0.25) is 4.79 Å². The number of benzene rings is 1. The maximum Gasteiger partial charge on any atom is 0.230 e. The van der Waals surface area contributed by atoms with Gasteiger partial charge in [-0.05, 0) is 12.8 Å². The number of thioether (sulfide) groups is 1. The van der Waals surface area contributed by atoms with Crippen LogP contribution in [0.5, 0.6) is 0 Å². The van der Waals surface area contributed by atoms with Gasteiger partial charge >= 0.3 is 0 Å². The van der Waals surface area contributed by atoms with Gasteiger partial charge in [0.15, 0.2) is 5.15 Å². The van der Waals surface area contributed by atoms with Crippen LogP contribution >= 0.6 is 23.4 Å². The van der Waals surface area contributed by atoms with Crippen molar-refractivity contribution in [2.75, 3.05) is 5.75 Å². The number of hydrogen-bond donors (Lipinski definition) is 1. The molecule has 1 aromatic carbocycles. The fraction of sp³-hybridized carbons (Fsp3) is 0.308. The molecular weight excluding hydrogens is 282 g/mol. The summed E-state index contributed by atoms with van der Waals surface area (Å²) in [6.45, 7) is 0. The highest BCUT2D eigenvalue weighted by Crippen LogP contribution is 2.28. The van der Waals surface area contributed by atoms with Gasteiger partial charge in [-0.15, -0.1) is 10.2 Å². The summed E-state index contributed by atoms with van der Waals surface area (Å²) in [5.74, 6) is 0.407. The van der Waals surface area contributed by atoms with Crippen molar-refractivity contribution < 1.29 is 4.79 Å². The van der Waals surface area contributed by atoms with E-state index in [0.717, 1.165) is 28.6 Å². The molecule has 3 rings (SSSR count). The molecule has 4 nitrogen and oxygen atoms in total.